The maximum absolute atomic E-state index is 13.0. The molecule has 13 heteroatoms. The summed E-state index contributed by atoms with van der Waals surface area (Å²) in [5.74, 6) is -1.84. The molecule has 1 unspecified atom stereocenters. The van der Waals surface area contributed by atoms with Gasteiger partial charge in [0.15, 0.2) is 5.17 Å². The minimum absolute atomic E-state index is 0.121. The minimum Gasteiger partial charge on any atom is -0.481 e. The van der Waals surface area contributed by atoms with E-state index in [2.05, 4.69) is 15.5 Å². The number of carboxylic acid groups (broad SMARTS) is 1. The normalized spacial score (nSPS) is 19.1. The van der Waals surface area contributed by atoms with E-state index < -0.39 is 51.5 Å². The number of rotatable bonds is 5. The number of halogens is 3. The van der Waals surface area contributed by atoms with Crippen LogP contribution in [-0.4, -0.2) is 38.5 Å². The van der Waals surface area contributed by atoms with Gasteiger partial charge in [-0.1, -0.05) is 17.8 Å². The summed E-state index contributed by atoms with van der Waals surface area (Å²) >= 11 is 0.741. The van der Waals surface area contributed by atoms with Crippen molar-refractivity contribution in [1.29, 1.82) is 0 Å². The van der Waals surface area contributed by atoms with E-state index >= 15 is 0 Å². The number of carbonyl (C=O) groups is 2. The van der Waals surface area contributed by atoms with E-state index in [-0.39, 0.29) is 5.17 Å². The molecule has 9 nitrogen and oxygen atoms in total. The molecule has 0 aliphatic carbocycles. The summed E-state index contributed by atoms with van der Waals surface area (Å²) in [6.45, 7) is 0. The van der Waals surface area contributed by atoms with Gasteiger partial charge in [-0.15, -0.1) is 5.10 Å². The Morgan fingerprint density at radius 2 is 2.15 bits per heavy atom. The number of amides is 1. The number of nitro benzene ring substituents is 1. The van der Waals surface area contributed by atoms with Gasteiger partial charge in [0.1, 0.15) is 5.25 Å². The predicted molar refractivity (Wildman–Crippen MR) is 84.9 cm³/mol. The summed E-state index contributed by atoms with van der Waals surface area (Å²) < 4.78 is 39.0. The number of hydrogen-bond acceptors (Lipinski definition) is 7. The summed E-state index contributed by atoms with van der Waals surface area (Å²) in [7, 11) is 0. The zero-order valence-corrected chi connectivity index (χ0v) is 13.4. The molecule has 1 amide bonds. The summed E-state index contributed by atoms with van der Waals surface area (Å²) in [5.41, 5.74) is -2.86. The quantitative estimate of drug-likeness (QED) is 0.449. The van der Waals surface area contributed by atoms with Crippen LogP contribution in [0.3, 0.4) is 0 Å². The summed E-state index contributed by atoms with van der Waals surface area (Å²) in [4.78, 5) is 32.1. The van der Waals surface area contributed by atoms with Crippen LogP contribution >= 0.6 is 11.8 Å². The lowest BCUT2D eigenvalue weighted by molar-refractivity contribution is -0.385. The number of carboxylic acids is 1. The molecule has 1 aliphatic rings. The Morgan fingerprint density at radius 1 is 1.46 bits per heavy atom. The number of nitrogens with one attached hydrogen (secondary N) is 1. The molecule has 1 fully saturated rings. The van der Waals surface area contributed by atoms with Crippen LogP contribution in [0.5, 0.6) is 0 Å². The highest BCUT2D eigenvalue weighted by Gasteiger charge is 2.36. The number of carbonyl (C=O) groups excluding carboxylic acids is 1. The van der Waals surface area contributed by atoms with Gasteiger partial charge in [-0.2, -0.15) is 18.3 Å². The standard InChI is InChI=1S/C13H9F3N4O5S/c14-13(15,16)7-2-1-3-8(20(24)25)6(7)5-17-19-12-18-11(23)9(26-12)4-10(21)22/h1-3,5,9H,4H2,(H,21,22)(H,18,19,23). The third-order valence-corrected chi connectivity index (χ3v) is 4.13. The molecule has 138 valence electrons. The molecule has 0 radical (unpaired) electrons. The van der Waals surface area contributed by atoms with Crippen molar-refractivity contribution in [2.45, 2.75) is 17.8 Å². The summed E-state index contributed by atoms with van der Waals surface area (Å²) in [6, 6.07) is 2.45. The van der Waals surface area contributed by atoms with Crippen molar-refractivity contribution in [3.8, 4) is 0 Å². The topological polar surface area (TPSA) is 134 Å². The Bertz CT molecular complexity index is 824. The zero-order valence-electron chi connectivity index (χ0n) is 12.6. The Labute approximate surface area is 147 Å². The number of nitro groups is 1. The monoisotopic (exact) mass is 390 g/mol. The first-order chi connectivity index (χ1) is 12.1. The molecule has 1 aromatic carbocycles. The average molecular weight is 390 g/mol. The molecule has 1 saturated heterocycles. The first kappa shape index (κ1) is 19.4. The fourth-order valence-electron chi connectivity index (χ4n) is 1.98. The Hall–Kier alpha value is -2.96. The molecule has 1 atom stereocenters. The SMILES string of the molecule is O=C(O)CC1SC(=NN=Cc2c([N+](=O)[O-])cccc2C(F)(F)F)NC1=O. The van der Waals surface area contributed by atoms with Crippen molar-refractivity contribution in [3.05, 3.63) is 39.4 Å². The molecule has 0 bridgehead atoms. The molecule has 0 aromatic heterocycles. The lowest BCUT2D eigenvalue weighted by atomic mass is 10.1. The third kappa shape index (κ3) is 4.56. The lowest BCUT2D eigenvalue weighted by Crippen LogP contribution is -2.26. The van der Waals surface area contributed by atoms with Crippen LogP contribution < -0.4 is 5.32 Å². The average Bonchev–Trinajstić information content (AvgIpc) is 2.85. The van der Waals surface area contributed by atoms with E-state index in [4.69, 9.17) is 5.11 Å². The Kier molecular flexibility index (Phi) is 5.59. The van der Waals surface area contributed by atoms with E-state index in [1.807, 2.05) is 0 Å². The second kappa shape index (κ2) is 7.51. The van der Waals surface area contributed by atoms with E-state index in [0.29, 0.717) is 12.3 Å². The van der Waals surface area contributed by atoms with Gasteiger partial charge >= 0.3 is 12.1 Å². The van der Waals surface area contributed by atoms with E-state index in [1.165, 1.54) is 0 Å². The van der Waals surface area contributed by atoms with E-state index in [9.17, 15) is 32.9 Å². The van der Waals surface area contributed by atoms with Crippen molar-refractivity contribution in [3.63, 3.8) is 0 Å². The predicted octanol–water partition coefficient (Wildman–Crippen LogP) is 2.01. The van der Waals surface area contributed by atoms with Gasteiger partial charge in [-0.3, -0.25) is 19.7 Å². The van der Waals surface area contributed by atoms with Crippen LogP contribution in [0, 0.1) is 10.1 Å². The number of benzene rings is 1. The highest BCUT2D eigenvalue weighted by molar-refractivity contribution is 8.15. The number of thioether (sulfide) groups is 1. The second-order valence-corrected chi connectivity index (χ2v) is 6.03. The minimum atomic E-state index is -4.84. The number of amidine groups is 1. The smallest absolute Gasteiger partial charge is 0.417 e. The third-order valence-electron chi connectivity index (χ3n) is 3.06. The fourth-order valence-corrected chi connectivity index (χ4v) is 2.89. The first-order valence-electron chi connectivity index (χ1n) is 6.74. The van der Waals surface area contributed by atoms with Gasteiger partial charge in [0.2, 0.25) is 5.91 Å². The van der Waals surface area contributed by atoms with Crippen molar-refractivity contribution >= 4 is 40.7 Å². The number of nitrogens with zero attached hydrogens (tertiary/aromatic N) is 3. The first-order valence-corrected chi connectivity index (χ1v) is 7.62. The molecule has 1 aliphatic heterocycles. The van der Waals surface area contributed by atoms with Crippen LogP contribution in [-0.2, 0) is 15.8 Å². The second-order valence-electron chi connectivity index (χ2n) is 4.84. The Balaban J connectivity index is 2.30. The van der Waals surface area contributed by atoms with Gasteiger partial charge in [0, 0.05) is 6.07 Å². The van der Waals surface area contributed by atoms with Crippen molar-refractivity contribution in [2.75, 3.05) is 0 Å². The molecule has 26 heavy (non-hydrogen) atoms. The van der Waals surface area contributed by atoms with Crippen molar-refractivity contribution in [1.82, 2.24) is 5.32 Å². The van der Waals surface area contributed by atoms with Gasteiger partial charge in [0.05, 0.1) is 28.7 Å². The van der Waals surface area contributed by atoms with Crippen molar-refractivity contribution < 1.29 is 32.8 Å². The van der Waals surface area contributed by atoms with Gasteiger partial charge in [-0.25, -0.2) is 0 Å². The van der Waals surface area contributed by atoms with Gasteiger partial charge in [-0.05, 0) is 6.07 Å². The van der Waals surface area contributed by atoms with Crippen LogP contribution in [0.15, 0.2) is 28.4 Å². The molecule has 0 spiro atoms. The van der Waals surface area contributed by atoms with Crippen LogP contribution in [0.1, 0.15) is 17.5 Å². The zero-order chi connectivity index (χ0) is 19.5. The maximum atomic E-state index is 13.0. The maximum Gasteiger partial charge on any atom is 0.417 e. The molecule has 1 heterocycles. The van der Waals surface area contributed by atoms with Gasteiger partial charge < -0.3 is 10.4 Å². The van der Waals surface area contributed by atoms with E-state index in [1.54, 1.807) is 0 Å². The molecular formula is C13H9F3N4O5S. The lowest BCUT2D eigenvalue weighted by Gasteiger charge is -2.09. The molecule has 1 aromatic rings. The number of aliphatic carboxylic acids is 1. The molecule has 0 saturated carbocycles. The highest BCUT2D eigenvalue weighted by atomic mass is 32.2. The summed E-state index contributed by atoms with van der Waals surface area (Å²) in [5, 5.41) is 27.6. The summed E-state index contributed by atoms with van der Waals surface area (Å²) in [6.07, 6.45) is -4.75. The fraction of sp³-hybridized carbons (Fsp3) is 0.231. The van der Waals surface area contributed by atoms with Crippen LogP contribution in [0.25, 0.3) is 0 Å². The van der Waals surface area contributed by atoms with Crippen molar-refractivity contribution in [2.24, 2.45) is 10.2 Å². The number of hydrogen-bond donors (Lipinski definition) is 2. The molecular weight excluding hydrogens is 381 g/mol. The molecule has 2 N–H and O–H groups in total. The van der Waals surface area contributed by atoms with Gasteiger partial charge in [0.25, 0.3) is 5.69 Å². The highest BCUT2D eigenvalue weighted by Crippen LogP contribution is 2.35. The Morgan fingerprint density at radius 3 is 2.73 bits per heavy atom. The largest absolute Gasteiger partial charge is 0.481 e. The van der Waals surface area contributed by atoms with Crippen LogP contribution in [0.2, 0.25) is 0 Å². The van der Waals surface area contributed by atoms with E-state index in [0.717, 1.165) is 23.9 Å². The molecule has 2 rings (SSSR count). The number of alkyl halides is 3. The van der Waals surface area contributed by atoms with Crippen LogP contribution in [0.4, 0.5) is 18.9 Å².